The number of phenolic OH excluding ortho intramolecular Hbond substituents is 1. The van der Waals surface area contributed by atoms with Crippen molar-refractivity contribution in [2.75, 3.05) is 20.3 Å². The number of aromatic hydroxyl groups is 1. The molecule has 0 aromatic heterocycles. The Bertz CT molecular complexity index is 1230. The highest BCUT2D eigenvalue weighted by atomic mass is 79.9. The molecule has 0 saturated carbocycles. The van der Waals surface area contributed by atoms with Gasteiger partial charge in [-0.1, -0.05) is 34.1 Å². The van der Waals surface area contributed by atoms with Gasteiger partial charge in [-0.2, -0.15) is 5.10 Å². The summed E-state index contributed by atoms with van der Waals surface area (Å²) in [5, 5.41) is 20.4. The molecule has 2 aromatic rings. The van der Waals surface area contributed by atoms with Crippen LogP contribution in [0.3, 0.4) is 0 Å². The molecule has 10 nitrogen and oxygen atoms in total. The van der Waals surface area contributed by atoms with E-state index >= 15 is 0 Å². The molecule has 0 unspecified atom stereocenters. The molecule has 0 aliphatic carbocycles. The first kappa shape index (κ1) is 27.0. The van der Waals surface area contributed by atoms with Gasteiger partial charge in [0.1, 0.15) is 5.75 Å². The predicted molar refractivity (Wildman–Crippen MR) is 141 cm³/mol. The Morgan fingerprint density at radius 2 is 2.03 bits per heavy atom. The van der Waals surface area contributed by atoms with Gasteiger partial charge in [-0.3, -0.25) is 4.79 Å². The molecule has 2 aromatic carbocycles. The highest BCUT2D eigenvalue weighted by Crippen LogP contribution is 2.34. The Balaban J connectivity index is 1.72. The van der Waals surface area contributed by atoms with Crippen molar-refractivity contribution in [3.63, 3.8) is 0 Å². The van der Waals surface area contributed by atoms with Crippen molar-refractivity contribution in [1.82, 2.24) is 16.1 Å². The predicted octanol–water partition coefficient (Wildman–Crippen LogP) is 3.05. The third-order valence-corrected chi connectivity index (χ3v) is 5.71. The number of hydrazone groups is 1. The minimum absolute atomic E-state index is 0.114. The third kappa shape index (κ3) is 6.52. The minimum atomic E-state index is -0.635. The van der Waals surface area contributed by atoms with Crippen LogP contribution >= 0.6 is 28.1 Å². The van der Waals surface area contributed by atoms with Crippen LogP contribution in [-0.2, 0) is 14.3 Å². The number of amides is 1. The number of nitrogens with zero attached hydrogens (tertiary/aromatic N) is 1. The largest absolute Gasteiger partial charge is 0.504 e. The van der Waals surface area contributed by atoms with Crippen LogP contribution in [0.1, 0.15) is 31.0 Å². The second kappa shape index (κ2) is 12.4. The summed E-state index contributed by atoms with van der Waals surface area (Å²) >= 11 is 8.60. The minimum Gasteiger partial charge on any atom is -0.504 e. The average Bonchev–Trinajstić information content (AvgIpc) is 2.84. The number of allylic oxidation sites excluding steroid dienone is 1. The van der Waals surface area contributed by atoms with Gasteiger partial charge in [0.05, 0.1) is 31.5 Å². The van der Waals surface area contributed by atoms with Crippen LogP contribution in [0.15, 0.2) is 57.2 Å². The summed E-state index contributed by atoms with van der Waals surface area (Å²) in [6.45, 7) is 3.33. The topological polar surface area (TPSA) is 131 Å². The number of thiocarbonyl (C=S) groups is 1. The van der Waals surface area contributed by atoms with Crippen molar-refractivity contribution in [2.24, 2.45) is 5.10 Å². The van der Waals surface area contributed by atoms with E-state index in [1.807, 2.05) is 0 Å². The molecular weight excluding hydrogens is 552 g/mol. The number of rotatable bonds is 9. The van der Waals surface area contributed by atoms with E-state index in [0.29, 0.717) is 37.7 Å². The van der Waals surface area contributed by atoms with Crippen molar-refractivity contribution < 1.29 is 28.9 Å². The zero-order valence-corrected chi connectivity index (χ0v) is 22.2. The summed E-state index contributed by atoms with van der Waals surface area (Å²) < 4.78 is 16.7. The quantitative estimate of drug-likeness (QED) is 0.154. The van der Waals surface area contributed by atoms with Crippen molar-refractivity contribution in [1.29, 1.82) is 0 Å². The summed E-state index contributed by atoms with van der Waals surface area (Å²) in [5.41, 5.74) is 4.22. The molecule has 3 rings (SSSR count). The van der Waals surface area contributed by atoms with Crippen molar-refractivity contribution in [2.45, 2.75) is 19.9 Å². The fourth-order valence-electron chi connectivity index (χ4n) is 3.45. The molecule has 4 N–H and O–H groups in total. The van der Waals surface area contributed by atoms with Gasteiger partial charge >= 0.3 is 5.97 Å². The van der Waals surface area contributed by atoms with E-state index in [4.69, 9.17) is 26.4 Å². The standard InChI is InChI=1S/C24H25BrN4O6S/c1-4-34-23(32)20-13(2)27-24(36)28-21(20)16-7-5-6-8-17(16)35-12-19(30)29-26-11-14-9-15(25)10-18(33-3)22(14)31/h5-11,21,31H,4,12H2,1-3H3,(H,29,30)(H2,27,28,36)/t21-/m1/s1. The molecule has 1 aliphatic rings. The lowest BCUT2D eigenvalue weighted by atomic mass is 9.95. The number of esters is 1. The third-order valence-electron chi connectivity index (χ3n) is 5.04. The molecule has 1 atom stereocenters. The summed E-state index contributed by atoms with van der Waals surface area (Å²) in [6.07, 6.45) is 1.29. The van der Waals surface area contributed by atoms with Gasteiger partial charge in [-0.25, -0.2) is 10.2 Å². The van der Waals surface area contributed by atoms with Crippen LogP contribution in [0.25, 0.3) is 0 Å². The maximum atomic E-state index is 12.6. The highest BCUT2D eigenvalue weighted by Gasteiger charge is 2.32. The Kier molecular flexibility index (Phi) is 9.25. The number of hydrogen-bond acceptors (Lipinski definition) is 8. The average molecular weight is 577 g/mol. The van der Waals surface area contributed by atoms with Gasteiger partial charge < -0.3 is 30.0 Å². The zero-order chi connectivity index (χ0) is 26.2. The van der Waals surface area contributed by atoms with Crippen LogP contribution in [0.5, 0.6) is 17.2 Å². The molecule has 1 amide bonds. The van der Waals surface area contributed by atoms with E-state index in [9.17, 15) is 14.7 Å². The number of carbonyl (C=O) groups is 2. The number of methoxy groups -OCH3 is 1. The number of nitrogens with one attached hydrogen (secondary N) is 3. The Morgan fingerprint density at radius 3 is 2.75 bits per heavy atom. The molecule has 190 valence electrons. The van der Waals surface area contributed by atoms with Crippen LogP contribution in [0.4, 0.5) is 0 Å². The van der Waals surface area contributed by atoms with Gasteiger partial charge in [0.25, 0.3) is 5.91 Å². The van der Waals surface area contributed by atoms with E-state index in [-0.39, 0.29) is 24.7 Å². The van der Waals surface area contributed by atoms with E-state index in [0.717, 1.165) is 0 Å². The lowest BCUT2D eigenvalue weighted by molar-refractivity contribution is -0.139. The van der Waals surface area contributed by atoms with Crippen molar-refractivity contribution in [3.05, 3.63) is 63.3 Å². The molecule has 12 heteroatoms. The normalized spacial score (nSPS) is 15.2. The first-order valence-electron chi connectivity index (χ1n) is 10.8. The summed E-state index contributed by atoms with van der Waals surface area (Å²) in [4.78, 5) is 25.0. The molecule has 36 heavy (non-hydrogen) atoms. The van der Waals surface area contributed by atoms with Crippen molar-refractivity contribution >= 4 is 51.4 Å². The first-order valence-corrected chi connectivity index (χ1v) is 12.0. The maximum Gasteiger partial charge on any atom is 0.338 e. The molecule has 0 bridgehead atoms. The van der Waals surface area contributed by atoms with Gasteiger partial charge in [0.2, 0.25) is 0 Å². The van der Waals surface area contributed by atoms with Gasteiger partial charge in [0.15, 0.2) is 23.2 Å². The Morgan fingerprint density at radius 1 is 1.28 bits per heavy atom. The van der Waals surface area contributed by atoms with E-state index in [2.05, 4.69) is 37.1 Å². The second-order valence-electron chi connectivity index (χ2n) is 7.46. The van der Waals surface area contributed by atoms with Gasteiger partial charge in [0, 0.05) is 21.3 Å². The van der Waals surface area contributed by atoms with E-state index in [1.54, 1.807) is 50.2 Å². The van der Waals surface area contributed by atoms with Gasteiger partial charge in [-0.15, -0.1) is 0 Å². The summed E-state index contributed by atoms with van der Waals surface area (Å²) in [6, 6.07) is 9.58. The molecule has 1 aliphatic heterocycles. The number of phenols is 1. The van der Waals surface area contributed by atoms with Crippen LogP contribution in [0.2, 0.25) is 0 Å². The van der Waals surface area contributed by atoms with Crippen LogP contribution in [0, 0.1) is 0 Å². The molecule has 0 spiro atoms. The lowest BCUT2D eigenvalue weighted by Gasteiger charge is -2.30. The number of para-hydroxylation sites is 1. The summed E-state index contributed by atoms with van der Waals surface area (Å²) in [7, 11) is 1.43. The lowest BCUT2D eigenvalue weighted by Crippen LogP contribution is -2.45. The first-order chi connectivity index (χ1) is 17.2. The van der Waals surface area contributed by atoms with E-state index in [1.165, 1.54) is 13.3 Å². The number of carbonyl (C=O) groups excluding carboxylic acids is 2. The van der Waals surface area contributed by atoms with Crippen molar-refractivity contribution in [3.8, 4) is 17.2 Å². The smallest absolute Gasteiger partial charge is 0.338 e. The maximum absolute atomic E-state index is 12.6. The fourth-order valence-corrected chi connectivity index (χ4v) is 4.18. The van der Waals surface area contributed by atoms with Crippen LogP contribution in [-0.4, -0.2) is 48.6 Å². The molecule has 1 heterocycles. The van der Waals surface area contributed by atoms with E-state index < -0.39 is 17.9 Å². The highest BCUT2D eigenvalue weighted by molar-refractivity contribution is 9.10. The second-order valence-corrected chi connectivity index (χ2v) is 8.78. The summed E-state index contributed by atoms with van der Waals surface area (Å²) in [5.74, 6) is -0.500. The molecule has 0 fully saturated rings. The van der Waals surface area contributed by atoms with Gasteiger partial charge in [-0.05, 0) is 44.3 Å². The molecular formula is C24H25BrN4O6S. The fraction of sp³-hybridized carbons (Fsp3) is 0.250. The Hall–Kier alpha value is -3.64. The molecule has 0 saturated heterocycles. The number of benzene rings is 2. The number of halogens is 1. The Labute approximate surface area is 221 Å². The van der Waals surface area contributed by atoms with Crippen LogP contribution < -0.4 is 25.5 Å². The molecule has 0 radical (unpaired) electrons. The number of ether oxygens (including phenoxy) is 3. The number of hydrogen-bond donors (Lipinski definition) is 4. The zero-order valence-electron chi connectivity index (χ0n) is 19.8. The SMILES string of the molecule is CCOC(=O)C1=C(C)NC(=S)N[C@@H]1c1ccccc1OCC(=O)NN=Cc1cc(Br)cc(OC)c1O. The monoisotopic (exact) mass is 576 g/mol.